The standard InChI is InChI=1S/C17H21N5O/c1-4-16(23)21(3)13-5-6-14-15(9-13)19-11(2)20-17(14)22-8-7-12(18)10-22/h4-6,9,12H,1,7-8,10,18H2,2-3H3/t12-/m1/s1. The molecular weight excluding hydrogens is 290 g/mol. The van der Waals surface area contributed by atoms with E-state index in [9.17, 15) is 4.79 Å². The number of nitrogens with two attached hydrogens (primary N) is 1. The van der Waals surface area contributed by atoms with E-state index in [1.807, 2.05) is 25.1 Å². The molecule has 120 valence electrons. The van der Waals surface area contributed by atoms with Crippen LogP contribution in [-0.4, -0.2) is 42.1 Å². The highest BCUT2D eigenvalue weighted by atomic mass is 16.2. The molecule has 2 heterocycles. The molecule has 1 aliphatic heterocycles. The van der Waals surface area contributed by atoms with Gasteiger partial charge < -0.3 is 15.5 Å². The minimum Gasteiger partial charge on any atom is -0.354 e. The Morgan fingerprint density at radius 3 is 2.91 bits per heavy atom. The van der Waals surface area contributed by atoms with Gasteiger partial charge in [0.05, 0.1) is 5.52 Å². The average Bonchev–Trinajstić information content (AvgIpc) is 2.98. The number of fused-ring (bicyclic) bond motifs is 1. The van der Waals surface area contributed by atoms with E-state index >= 15 is 0 Å². The fourth-order valence-electron chi connectivity index (χ4n) is 2.91. The van der Waals surface area contributed by atoms with Crippen LogP contribution in [0.2, 0.25) is 0 Å². The number of aryl methyl sites for hydroxylation is 1. The van der Waals surface area contributed by atoms with E-state index in [1.165, 1.54) is 6.08 Å². The molecule has 1 atom stereocenters. The van der Waals surface area contributed by atoms with Gasteiger partial charge in [0, 0.05) is 37.3 Å². The topological polar surface area (TPSA) is 75.4 Å². The first-order chi connectivity index (χ1) is 11.0. The predicted molar refractivity (Wildman–Crippen MR) is 92.7 cm³/mol. The Kier molecular flexibility index (Phi) is 4.00. The zero-order valence-corrected chi connectivity index (χ0v) is 13.5. The Hall–Kier alpha value is -2.47. The largest absolute Gasteiger partial charge is 0.354 e. The Labute approximate surface area is 135 Å². The Morgan fingerprint density at radius 1 is 1.48 bits per heavy atom. The smallest absolute Gasteiger partial charge is 0.250 e. The van der Waals surface area contributed by atoms with Crippen LogP contribution < -0.4 is 15.5 Å². The highest BCUT2D eigenvalue weighted by Gasteiger charge is 2.23. The summed E-state index contributed by atoms with van der Waals surface area (Å²) >= 11 is 0. The third-order valence-corrected chi connectivity index (χ3v) is 4.19. The van der Waals surface area contributed by atoms with Gasteiger partial charge in [-0.05, 0) is 37.6 Å². The summed E-state index contributed by atoms with van der Waals surface area (Å²) in [6, 6.07) is 5.97. The summed E-state index contributed by atoms with van der Waals surface area (Å²) in [5.74, 6) is 1.48. The second-order valence-corrected chi connectivity index (χ2v) is 5.89. The Morgan fingerprint density at radius 2 is 2.26 bits per heavy atom. The number of hydrogen-bond donors (Lipinski definition) is 1. The van der Waals surface area contributed by atoms with E-state index < -0.39 is 0 Å². The normalized spacial score (nSPS) is 17.5. The third kappa shape index (κ3) is 2.90. The van der Waals surface area contributed by atoms with Crippen molar-refractivity contribution in [3.63, 3.8) is 0 Å². The van der Waals surface area contributed by atoms with Crippen LogP contribution in [0, 0.1) is 6.92 Å². The van der Waals surface area contributed by atoms with Crippen molar-refractivity contribution < 1.29 is 4.79 Å². The summed E-state index contributed by atoms with van der Waals surface area (Å²) in [5.41, 5.74) is 7.63. The molecule has 2 N–H and O–H groups in total. The molecule has 0 aliphatic carbocycles. The molecule has 1 aromatic carbocycles. The van der Waals surface area contributed by atoms with Crippen LogP contribution in [0.5, 0.6) is 0 Å². The molecule has 1 aliphatic rings. The molecule has 1 amide bonds. The molecule has 1 fully saturated rings. The average molecular weight is 311 g/mol. The van der Waals surface area contributed by atoms with Crippen LogP contribution in [-0.2, 0) is 4.79 Å². The van der Waals surface area contributed by atoms with E-state index in [1.54, 1.807) is 11.9 Å². The maximum absolute atomic E-state index is 11.8. The second-order valence-electron chi connectivity index (χ2n) is 5.89. The molecule has 0 saturated carbocycles. The van der Waals surface area contributed by atoms with Crippen LogP contribution in [0.15, 0.2) is 30.9 Å². The summed E-state index contributed by atoms with van der Waals surface area (Å²) < 4.78 is 0. The lowest BCUT2D eigenvalue weighted by atomic mass is 10.2. The minimum absolute atomic E-state index is 0.152. The summed E-state index contributed by atoms with van der Waals surface area (Å²) in [6.45, 7) is 7.11. The van der Waals surface area contributed by atoms with Crippen molar-refractivity contribution >= 4 is 28.3 Å². The molecule has 0 bridgehead atoms. The third-order valence-electron chi connectivity index (χ3n) is 4.19. The quantitative estimate of drug-likeness (QED) is 0.872. The molecule has 1 saturated heterocycles. The van der Waals surface area contributed by atoms with E-state index in [0.29, 0.717) is 5.82 Å². The summed E-state index contributed by atoms with van der Waals surface area (Å²) in [5, 5.41) is 0.980. The van der Waals surface area contributed by atoms with Gasteiger partial charge in [0.1, 0.15) is 11.6 Å². The van der Waals surface area contributed by atoms with Crippen LogP contribution in [0.3, 0.4) is 0 Å². The van der Waals surface area contributed by atoms with Gasteiger partial charge in [-0.2, -0.15) is 0 Å². The van der Waals surface area contributed by atoms with Crippen molar-refractivity contribution in [3.8, 4) is 0 Å². The lowest BCUT2D eigenvalue weighted by molar-refractivity contribution is -0.113. The summed E-state index contributed by atoms with van der Waals surface area (Å²) in [6.07, 6.45) is 2.27. The minimum atomic E-state index is -0.152. The molecule has 1 aromatic heterocycles. The highest BCUT2D eigenvalue weighted by molar-refractivity contribution is 6.02. The molecule has 2 aromatic rings. The van der Waals surface area contributed by atoms with E-state index in [-0.39, 0.29) is 11.9 Å². The molecule has 23 heavy (non-hydrogen) atoms. The fourth-order valence-corrected chi connectivity index (χ4v) is 2.91. The Bertz CT molecular complexity index is 773. The van der Waals surface area contributed by atoms with Gasteiger partial charge in [-0.25, -0.2) is 9.97 Å². The number of amides is 1. The molecule has 0 unspecified atom stereocenters. The van der Waals surface area contributed by atoms with E-state index in [0.717, 1.165) is 41.9 Å². The van der Waals surface area contributed by atoms with Gasteiger partial charge in [0.15, 0.2) is 0 Å². The van der Waals surface area contributed by atoms with Crippen molar-refractivity contribution in [1.82, 2.24) is 9.97 Å². The number of nitrogens with zero attached hydrogens (tertiary/aromatic N) is 4. The summed E-state index contributed by atoms with van der Waals surface area (Å²) in [7, 11) is 1.72. The number of benzene rings is 1. The van der Waals surface area contributed by atoms with Crippen LogP contribution in [0.1, 0.15) is 12.2 Å². The van der Waals surface area contributed by atoms with Gasteiger partial charge >= 0.3 is 0 Å². The first-order valence-electron chi connectivity index (χ1n) is 7.68. The van der Waals surface area contributed by atoms with Gasteiger partial charge in [0.25, 0.3) is 0 Å². The van der Waals surface area contributed by atoms with Crippen molar-refractivity contribution in [2.45, 2.75) is 19.4 Å². The highest BCUT2D eigenvalue weighted by Crippen LogP contribution is 2.29. The fraction of sp³-hybridized carbons (Fsp3) is 0.353. The first-order valence-corrected chi connectivity index (χ1v) is 7.68. The monoisotopic (exact) mass is 311 g/mol. The molecule has 0 spiro atoms. The maximum atomic E-state index is 11.8. The van der Waals surface area contributed by atoms with Crippen molar-refractivity contribution in [3.05, 3.63) is 36.7 Å². The lowest BCUT2D eigenvalue weighted by Gasteiger charge is -2.20. The van der Waals surface area contributed by atoms with Crippen LogP contribution in [0.4, 0.5) is 11.5 Å². The van der Waals surface area contributed by atoms with Gasteiger partial charge in [0.2, 0.25) is 5.91 Å². The lowest BCUT2D eigenvalue weighted by Crippen LogP contribution is -2.27. The number of aromatic nitrogens is 2. The van der Waals surface area contributed by atoms with Crippen molar-refractivity contribution in [1.29, 1.82) is 0 Å². The SMILES string of the molecule is C=CC(=O)N(C)c1ccc2c(N3CC[C@@H](N)C3)nc(C)nc2c1. The number of likely N-dealkylation sites (N-methyl/N-ethyl adjacent to an activating group) is 1. The van der Waals surface area contributed by atoms with Gasteiger partial charge in [-0.1, -0.05) is 6.58 Å². The Balaban J connectivity index is 2.07. The molecule has 3 rings (SSSR count). The summed E-state index contributed by atoms with van der Waals surface area (Å²) in [4.78, 5) is 24.7. The number of carbonyl (C=O) groups is 1. The van der Waals surface area contributed by atoms with E-state index in [4.69, 9.17) is 5.73 Å². The maximum Gasteiger partial charge on any atom is 0.250 e. The zero-order chi connectivity index (χ0) is 16.6. The predicted octanol–water partition coefficient (Wildman–Crippen LogP) is 1.62. The number of anilines is 2. The molecule has 6 heteroatoms. The molecular formula is C17H21N5O. The number of carbonyl (C=O) groups excluding carboxylic acids is 1. The molecule has 0 radical (unpaired) electrons. The van der Waals surface area contributed by atoms with Crippen molar-refractivity contribution in [2.75, 3.05) is 29.9 Å². The van der Waals surface area contributed by atoms with Gasteiger partial charge in [-0.15, -0.1) is 0 Å². The first kappa shape index (κ1) is 15.4. The zero-order valence-electron chi connectivity index (χ0n) is 13.5. The van der Waals surface area contributed by atoms with Crippen LogP contribution >= 0.6 is 0 Å². The number of rotatable bonds is 3. The van der Waals surface area contributed by atoms with E-state index in [2.05, 4.69) is 21.4 Å². The van der Waals surface area contributed by atoms with Crippen LogP contribution in [0.25, 0.3) is 10.9 Å². The molecule has 6 nitrogen and oxygen atoms in total. The number of hydrogen-bond acceptors (Lipinski definition) is 5. The van der Waals surface area contributed by atoms with Gasteiger partial charge in [-0.3, -0.25) is 4.79 Å². The second kappa shape index (κ2) is 5.96. The van der Waals surface area contributed by atoms with Crippen molar-refractivity contribution in [2.24, 2.45) is 5.73 Å².